The molecule has 1 N–H and O–H groups in total. The van der Waals surface area contributed by atoms with E-state index in [9.17, 15) is 23.9 Å². The summed E-state index contributed by atoms with van der Waals surface area (Å²) in [6.07, 6.45) is 4.56. The van der Waals surface area contributed by atoms with Gasteiger partial charge in [0, 0.05) is 26.2 Å². The van der Waals surface area contributed by atoms with Crippen LogP contribution in [0.3, 0.4) is 0 Å². The first-order chi connectivity index (χ1) is 19.6. The number of rotatable bonds is 10. The van der Waals surface area contributed by atoms with Crippen molar-refractivity contribution < 1.29 is 28.6 Å². The van der Waals surface area contributed by atoms with Crippen LogP contribution in [0.1, 0.15) is 60.4 Å². The highest BCUT2D eigenvalue weighted by Gasteiger charge is 2.35. The predicted octanol–water partition coefficient (Wildman–Crippen LogP) is 5.44. The lowest BCUT2D eigenvalue weighted by molar-refractivity contribution is -0.143. The maximum atomic E-state index is 14.8. The minimum Gasteiger partial charge on any atom is -0.491 e. The molecule has 220 valence electrons. The molecule has 2 fully saturated rings. The summed E-state index contributed by atoms with van der Waals surface area (Å²) in [5.74, 6) is -0.439. The fraction of sp³-hybridized carbons (Fsp3) is 0.516. The summed E-state index contributed by atoms with van der Waals surface area (Å²) in [5.41, 5.74) is 3.73. The Kier molecular flexibility index (Phi) is 8.85. The van der Waals surface area contributed by atoms with Gasteiger partial charge in [0.15, 0.2) is 0 Å². The Morgan fingerprint density at radius 2 is 1.90 bits per heavy atom. The molecule has 2 aliphatic carbocycles. The fourth-order valence-electron chi connectivity index (χ4n) is 6.56. The first-order valence-electron chi connectivity index (χ1n) is 14.3. The van der Waals surface area contributed by atoms with Crippen molar-refractivity contribution in [2.75, 3.05) is 33.3 Å². The van der Waals surface area contributed by atoms with E-state index in [1.807, 2.05) is 25.1 Å². The third-order valence-corrected chi connectivity index (χ3v) is 9.11. The number of carboxylic acids is 1. The van der Waals surface area contributed by atoms with Gasteiger partial charge in [-0.1, -0.05) is 29.8 Å². The van der Waals surface area contributed by atoms with Crippen LogP contribution in [0, 0.1) is 24.6 Å². The summed E-state index contributed by atoms with van der Waals surface area (Å²) >= 11 is 6.08. The number of carbonyl (C=O) groups excluding carboxylic acids is 2. The van der Waals surface area contributed by atoms with Crippen LogP contribution in [0.15, 0.2) is 30.3 Å². The van der Waals surface area contributed by atoms with Crippen LogP contribution in [0.4, 0.5) is 9.18 Å². The van der Waals surface area contributed by atoms with Gasteiger partial charge in [-0.25, -0.2) is 9.18 Å². The number of hydrogen-bond acceptors (Lipinski definition) is 5. The molecule has 8 nitrogen and oxygen atoms in total. The molecule has 1 atom stereocenters. The van der Waals surface area contributed by atoms with E-state index in [2.05, 4.69) is 11.0 Å². The van der Waals surface area contributed by atoms with E-state index in [-0.39, 0.29) is 54.4 Å². The van der Waals surface area contributed by atoms with Gasteiger partial charge in [0.05, 0.1) is 17.5 Å². The number of carboxylic acid groups (broad SMARTS) is 1. The maximum absolute atomic E-state index is 14.8. The van der Waals surface area contributed by atoms with Gasteiger partial charge in [0.2, 0.25) is 5.91 Å². The minimum atomic E-state index is -0.707. The first-order valence-corrected chi connectivity index (χ1v) is 14.7. The number of amides is 3. The summed E-state index contributed by atoms with van der Waals surface area (Å²) in [6, 6.07) is 9.36. The van der Waals surface area contributed by atoms with Crippen molar-refractivity contribution in [3.05, 3.63) is 63.4 Å². The standard InChI is InChI=1S/C31H37ClFN3O5/c1-19-15-21(5-12-27(19)41-14-13-36-28(37)18-34(2)31(36)40)17-35(16-20-3-6-22(7-4-20)30(38)39)26-11-9-24-23(26)8-10-25(32)29(24)33/h5,8,10,12,15,20,22,26H,3-4,6-7,9,11,13-14,16-18H2,1-2H3,(H,38,39)/t20?,22?,26-/m0/s1. The second-order valence-electron chi connectivity index (χ2n) is 11.6. The van der Waals surface area contributed by atoms with Gasteiger partial charge in [-0.2, -0.15) is 0 Å². The molecule has 1 aliphatic heterocycles. The second-order valence-corrected chi connectivity index (χ2v) is 12.0. The van der Waals surface area contributed by atoms with Gasteiger partial charge in [-0.05, 0) is 85.8 Å². The van der Waals surface area contributed by atoms with E-state index in [1.165, 1.54) is 9.80 Å². The predicted molar refractivity (Wildman–Crippen MR) is 152 cm³/mol. The van der Waals surface area contributed by atoms with E-state index >= 15 is 0 Å². The molecule has 0 bridgehead atoms. The van der Waals surface area contributed by atoms with Gasteiger partial charge >= 0.3 is 12.0 Å². The molecule has 3 amide bonds. The van der Waals surface area contributed by atoms with Crippen LogP contribution in [-0.2, 0) is 22.6 Å². The largest absolute Gasteiger partial charge is 0.491 e. The average Bonchev–Trinajstić information content (AvgIpc) is 3.48. The molecule has 5 rings (SSSR count). The van der Waals surface area contributed by atoms with Crippen molar-refractivity contribution >= 4 is 29.5 Å². The zero-order valence-electron chi connectivity index (χ0n) is 23.6. The Hall–Kier alpha value is -3.17. The van der Waals surface area contributed by atoms with E-state index < -0.39 is 5.97 Å². The number of halogens is 2. The topological polar surface area (TPSA) is 90.4 Å². The Labute approximate surface area is 245 Å². The number of aryl methyl sites for hydroxylation is 1. The summed E-state index contributed by atoms with van der Waals surface area (Å²) < 4.78 is 20.8. The van der Waals surface area contributed by atoms with Crippen molar-refractivity contribution in [3.63, 3.8) is 0 Å². The van der Waals surface area contributed by atoms with Crippen molar-refractivity contribution in [2.24, 2.45) is 11.8 Å². The van der Waals surface area contributed by atoms with E-state index in [4.69, 9.17) is 16.3 Å². The summed E-state index contributed by atoms with van der Waals surface area (Å²) in [7, 11) is 1.60. The average molecular weight is 586 g/mol. The van der Waals surface area contributed by atoms with Crippen molar-refractivity contribution in [1.29, 1.82) is 0 Å². The third-order valence-electron chi connectivity index (χ3n) is 8.82. The number of carbonyl (C=O) groups is 3. The number of urea groups is 1. The second kappa shape index (κ2) is 12.4. The Morgan fingerprint density at radius 1 is 1.15 bits per heavy atom. The Bertz CT molecular complexity index is 1330. The summed E-state index contributed by atoms with van der Waals surface area (Å²) in [6.45, 7) is 3.95. The van der Waals surface area contributed by atoms with Crippen LogP contribution >= 0.6 is 11.6 Å². The molecular weight excluding hydrogens is 549 g/mol. The van der Waals surface area contributed by atoms with E-state index in [1.54, 1.807) is 13.1 Å². The molecule has 1 saturated carbocycles. The SMILES string of the molecule is Cc1cc(CN(CC2CCC(C(=O)O)CC2)[C@H]2CCc3c2ccc(Cl)c3F)ccc1OCCN1C(=O)CN(C)C1=O. The lowest BCUT2D eigenvalue weighted by Gasteiger charge is -2.35. The molecule has 0 aromatic heterocycles. The molecule has 0 spiro atoms. The minimum absolute atomic E-state index is 0.0545. The highest BCUT2D eigenvalue weighted by atomic mass is 35.5. The van der Waals surface area contributed by atoms with Gasteiger partial charge < -0.3 is 14.7 Å². The van der Waals surface area contributed by atoms with Crippen LogP contribution in [0.2, 0.25) is 5.02 Å². The highest BCUT2D eigenvalue weighted by molar-refractivity contribution is 6.30. The van der Waals surface area contributed by atoms with Crippen LogP contribution in [0.5, 0.6) is 5.75 Å². The van der Waals surface area contributed by atoms with Gasteiger partial charge in [-0.15, -0.1) is 0 Å². The van der Waals surface area contributed by atoms with Crippen molar-refractivity contribution in [1.82, 2.24) is 14.7 Å². The van der Waals surface area contributed by atoms with Crippen molar-refractivity contribution in [2.45, 2.75) is 58.0 Å². The highest BCUT2D eigenvalue weighted by Crippen LogP contribution is 2.41. The van der Waals surface area contributed by atoms with Gasteiger partial charge in [0.25, 0.3) is 0 Å². The number of imide groups is 1. The van der Waals surface area contributed by atoms with Gasteiger partial charge in [-0.3, -0.25) is 19.4 Å². The Morgan fingerprint density at radius 3 is 2.56 bits per heavy atom. The zero-order valence-corrected chi connectivity index (χ0v) is 24.3. The normalized spacial score (nSPS) is 22.5. The van der Waals surface area contributed by atoms with Crippen LogP contribution < -0.4 is 4.74 Å². The smallest absolute Gasteiger partial charge is 0.327 e. The molecule has 0 radical (unpaired) electrons. The molecule has 10 heteroatoms. The molecule has 0 unspecified atom stereocenters. The monoisotopic (exact) mass is 585 g/mol. The Balaban J connectivity index is 1.28. The first kappa shape index (κ1) is 29.3. The number of nitrogens with zero attached hydrogens (tertiary/aromatic N) is 3. The number of ether oxygens (including phenoxy) is 1. The van der Waals surface area contributed by atoms with Crippen LogP contribution in [0.25, 0.3) is 0 Å². The molecular formula is C31H37ClFN3O5. The number of hydrogen-bond donors (Lipinski definition) is 1. The molecule has 41 heavy (non-hydrogen) atoms. The van der Waals surface area contributed by atoms with Gasteiger partial charge in [0.1, 0.15) is 24.7 Å². The quantitative estimate of drug-likeness (QED) is 0.373. The molecule has 2 aromatic rings. The molecule has 1 saturated heterocycles. The van der Waals surface area contributed by atoms with E-state index in [0.29, 0.717) is 43.0 Å². The number of aliphatic carboxylic acids is 1. The lowest BCUT2D eigenvalue weighted by atomic mass is 9.81. The fourth-order valence-corrected chi connectivity index (χ4v) is 6.73. The third kappa shape index (κ3) is 6.36. The number of benzene rings is 2. The zero-order chi connectivity index (χ0) is 29.3. The molecule has 2 aromatic carbocycles. The number of fused-ring (bicyclic) bond motifs is 1. The maximum Gasteiger partial charge on any atom is 0.327 e. The van der Waals surface area contributed by atoms with Crippen molar-refractivity contribution in [3.8, 4) is 5.75 Å². The van der Waals surface area contributed by atoms with E-state index in [0.717, 1.165) is 42.5 Å². The lowest BCUT2D eigenvalue weighted by Crippen LogP contribution is -2.35. The number of likely N-dealkylation sites (N-methyl/N-ethyl adjacent to an activating group) is 1. The molecule has 3 aliphatic rings. The summed E-state index contributed by atoms with van der Waals surface area (Å²) in [4.78, 5) is 40.6. The van der Waals surface area contributed by atoms with Crippen LogP contribution in [-0.4, -0.2) is 71.0 Å². The molecule has 1 heterocycles. The summed E-state index contributed by atoms with van der Waals surface area (Å²) in [5, 5.41) is 9.57.